The zero-order valence-electron chi connectivity index (χ0n) is 9.42. The summed E-state index contributed by atoms with van der Waals surface area (Å²) in [5, 5.41) is 0. The SMILES string of the molecule is C=C(/C=C(\C=C(/C)OC)OC)C(F)(F)C=O. The molecule has 0 N–H and O–H groups in total. The van der Waals surface area contributed by atoms with Crippen molar-refractivity contribution < 1.29 is 23.0 Å². The number of ether oxygens (including phenoxy) is 2. The Labute approximate surface area is 93.0 Å². The van der Waals surface area contributed by atoms with Crippen molar-refractivity contribution >= 4 is 6.29 Å². The lowest BCUT2D eigenvalue weighted by atomic mass is 10.1. The average Bonchev–Trinajstić information content (AvgIpc) is 2.27. The fraction of sp³-hybridized carbons (Fsp3) is 0.364. The maximum Gasteiger partial charge on any atom is 0.327 e. The molecular formula is C11H14F2O3. The predicted octanol–water partition coefficient (Wildman–Crippen LogP) is 2.46. The first-order valence-electron chi connectivity index (χ1n) is 4.39. The van der Waals surface area contributed by atoms with Crippen molar-refractivity contribution in [2.24, 2.45) is 0 Å². The van der Waals surface area contributed by atoms with E-state index in [-0.39, 0.29) is 5.76 Å². The number of alkyl halides is 2. The maximum absolute atomic E-state index is 12.8. The number of hydrogen-bond acceptors (Lipinski definition) is 3. The Balaban J connectivity index is 4.98. The minimum atomic E-state index is -3.58. The van der Waals surface area contributed by atoms with Gasteiger partial charge in [-0.2, -0.15) is 8.78 Å². The summed E-state index contributed by atoms with van der Waals surface area (Å²) in [6, 6.07) is 0. The van der Waals surface area contributed by atoms with E-state index in [0.717, 1.165) is 6.08 Å². The lowest BCUT2D eigenvalue weighted by Crippen LogP contribution is -2.19. The molecule has 0 unspecified atom stereocenters. The molecule has 0 spiro atoms. The molecule has 0 aromatic rings. The number of allylic oxidation sites excluding steroid dienone is 4. The Kier molecular flexibility index (Phi) is 5.42. The van der Waals surface area contributed by atoms with Gasteiger partial charge in [-0.15, -0.1) is 0 Å². The van der Waals surface area contributed by atoms with Crippen LogP contribution in [0.4, 0.5) is 8.78 Å². The predicted molar refractivity (Wildman–Crippen MR) is 56.0 cm³/mol. The zero-order chi connectivity index (χ0) is 12.8. The second kappa shape index (κ2) is 6.05. The molecule has 0 aliphatic rings. The van der Waals surface area contributed by atoms with E-state index in [2.05, 4.69) is 6.58 Å². The van der Waals surface area contributed by atoms with Gasteiger partial charge in [0.1, 0.15) is 5.76 Å². The van der Waals surface area contributed by atoms with E-state index in [1.807, 2.05) is 0 Å². The number of rotatable bonds is 6. The van der Waals surface area contributed by atoms with E-state index in [1.165, 1.54) is 20.3 Å². The minimum absolute atomic E-state index is 0.130. The van der Waals surface area contributed by atoms with Crippen molar-refractivity contribution in [2.75, 3.05) is 14.2 Å². The summed E-state index contributed by atoms with van der Waals surface area (Å²) in [7, 11) is 2.76. The second-order valence-electron chi connectivity index (χ2n) is 2.98. The molecule has 16 heavy (non-hydrogen) atoms. The Hall–Kier alpha value is -1.65. The number of carbonyl (C=O) groups is 1. The van der Waals surface area contributed by atoms with E-state index in [0.29, 0.717) is 5.76 Å². The monoisotopic (exact) mass is 232 g/mol. The Morgan fingerprint density at radius 1 is 1.25 bits per heavy atom. The summed E-state index contributed by atoms with van der Waals surface area (Å²) in [6.45, 7) is 4.74. The van der Waals surface area contributed by atoms with Gasteiger partial charge < -0.3 is 9.47 Å². The molecule has 0 radical (unpaired) electrons. The third-order valence-corrected chi connectivity index (χ3v) is 1.80. The molecule has 0 bridgehead atoms. The van der Waals surface area contributed by atoms with Gasteiger partial charge in [0, 0.05) is 11.6 Å². The van der Waals surface area contributed by atoms with Crippen LogP contribution in [0, 0.1) is 0 Å². The average molecular weight is 232 g/mol. The van der Waals surface area contributed by atoms with Crippen molar-refractivity contribution in [1.29, 1.82) is 0 Å². The molecule has 0 saturated carbocycles. The molecule has 5 heteroatoms. The zero-order valence-corrected chi connectivity index (χ0v) is 9.42. The Morgan fingerprint density at radius 2 is 1.81 bits per heavy atom. The largest absolute Gasteiger partial charge is 0.501 e. The number of methoxy groups -OCH3 is 2. The van der Waals surface area contributed by atoms with Crippen LogP contribution >= 0.6 is 0 Å². The van der Waals surface area contributed by atoms with Crippen LogP contribution < -0.4 is 0 Å². The normalized spacial score (nSPS) is 13.3. The van der Waals surface area contributed by atoms with Gasteiger partial charge in [0.05, 0.1) is 20.0 Å². The van der Waals surface area contributed by atoms with E-state index < -0.39 is 17.8 Å². The molecular weight excluding hydrogens is 218 g/mol. The van der Waals surface area contributed by atoms with E-state index in [4.69, 9.17) is 9.47 Å². The van der Waals surface area contributed by atoms with Gasteiger partial charge in [-0.05, 0) is 13.0 Å². The highest BCUT2D eigenvalue weighted by Crippen LogP contribution is 2.22. The summed E-state index contributed by atoms with van der Waals surface area (Å²) in [5.74, 6) is -2.97. The van der Waals surface area contributed by atoms with Crippen molar-refractivity contribution in [3.8, 4) is 0 Å². The van der Waals surface area contributed by atoms with Gasteiger partial charge in [0.25, 0.3) is 0 Å². The van der Waals surface area contributed by atoms with Gasteiger partial charge in [-0.1, -0.05) is 6.58 Å². The van der Waals surface area contributed by atoms with E-state index >= 15 is 0 Å². The highest BCUT2D eigenvalue weighted by Gasteiger charge is 2.30. The molecule has 0 aliphatic carbocycles. The van der Waals surface area contributed by atoms with Crippen LogP contribution in [-0.2, 0) is 14.3 Å². The molecule has 0 aliphatic heterocycles. The van der Waals surface area contributed by atoms with Crippen LogP contribution in [-0.4, -0.2) is 26.4 Å². The van der Waals surface area contributed by atoms with Crippen molar-refractivity contribution in [2.45, 2.75) is 12.8 Å². The first-order valence-corrected chi connectivity index (χ1v) is 4.39. The lowest BCUT2D eigenvalue weighted by molar-refractivity contribution is -0.124. The Morgan fingerprint density at radius 3 is 2.19 bits per heavy atom. The number of carbonyl (C=O) groups excluding carboxylic acids is 1. The fourth-order valence-corrected chi connectivity index (χ4v) is 0.762. The third-order valence-electron chi connectivity index (χ3n) is 1.80. The maximum atomic E-state index is 12.8. The molecule has 0 aromatic carbocycles. The van der Waals surface area contributed by atoms with Crippen LogP contribution in [0.15, 0.2) is 35.8 Å². The first-order chi connectivity index (χ1) is 7.37. The quantitative estimate of drug-likeness (QED) is 0.401. The van der Waals surface area contributed by atoms with Gasteiger partial charge in [-0.3, -0.25) is 4.79 Å². The molecule has 3 nitrogen and oxygen atoms in total. The van der Waals surface area contributed by atoms with Gasteiger partial charge in [0.2, 0.25) is 0 Å². The smallest absolute Gasteiger partial charge is 0.327 e. The summed E-state index contributed by atoms with van der Waals surface area (Å²) in [6.07, 6.45) is 1.93. The molecule has 0 rings (SSSR count). The van der Waals surface area contributed by atoms with E-state index in [1.54, 1.807) is 6.92 Å². The highest BCUT2D eigenvalue weighted by atomic mass is 19.3. The summed E-state index contributed by atoms with van der Waals surface area (Å²) in [5.41, 5.74) is -0.639. The van der Waals surface area contributed by atoms with Crippen LogP contribution in [0.2, 0.25) is 0 Å². The topological polar surface area (TPSA) is 35.5 Å². The van der Waals surface area contributed by atoms with Crippen LogP contribution in [0.25, 0.3) is 0 Å². The lowest BCUT2D eigenvalue weighted by Gasteiger charge is -2.10. The summed E-state index contributed by atoms with van der Waals surface area (Å²) < 4.78 is 35.3. The fourth-order valence-electron chi connectivity index (χ4n) is 0.762. The first kappa shape index (κ1) is 14.3. The van der Waals surface area contributed by atoms with Crippen molar-refractivity contribution in [1.82, 2.24) is 0 Å². The number of aldehydes is 1. The molecule has 0 heterocycles. The summed E-state index contributed by atoms with van der Waals surface area (Å²) in [4.78, 5) is 10.1. The second-order valence-corrected chi connectivity index (χ2v) is 2.98. The number of hydrogen-bond donors (Lipinski definition) is 0. The van der Waals surface area contributed by atoms with Crippen LogP contribution in [0.1, 0.15) is 6.92 Å². The standard InChI is InChI=1S/C11H14F2O3/c1-8(11(12,13)7-14)5-10(16-4)6-9(2)15-3/h5-7H,1H2,2-4H3/b9-6+,10-5+. The molecule has 0 atom stereocenters. The van der Waals surface area contributed by atoms with Gasteiger partial charge in [-0.25, -0.2) is 0 Å². The van der Waals surface area contributed by atoms with Crippen molar-refractivity contribution in [3.63, 3.8) is 0 Å². The molecule has 90 valence electrons. The van der Waals surface area contributed by atoms with Gasteiger partial charge >= 0.3 is 5.92 Å². The molecule has 0 fully saturated rings. The Bertz CT molecular complexity index is 330. The minimum Gasteiger partial charge on any atom is -0.501 e. The van der Waals surface area contributed by atoms with Crippen LogP contribution in [0.3, 0.4) is 0 Å². The molecule has 0 amide bonds. The van der Waals surface area contributed by atoms with Crippen LogP contribution in [0.5, 0.6) is 0 Å². The number of halogens is 2. The summed E-state index contributed by atoms with van der Waals surface area (Å²) >= 11 is 0. The highest BCUT2D eigenvalue weighted by molar-refractivity contribution is 5.67. The molecule has 0 aromatic heterocycles. The molecule has 0 saturated heterocycles. The third kappa shape index (κ3) is 4.25. The van der Waals surface area contributed by atoms with E-state index in [9.17, 15) is 13.6 Å². The van der Waals surface area contributed by atoms with Gasteiger partial charge in [0.15, 0.2) is 6.29 Å². The van der Waals surface area contributed by atoms with Crippen molar-refractivity contribution in [3.05, 3.63) is 35.8 Å².